The number of hydrogen-bond donors (Lipinski definition) is 2. The lowest BCUT2D eigenvalue weighted by Crippen LogP contribution is -2.31. The van der Waals surface area contributed by atoms with Crippen molar-refractivity contribution >= 4 is 23.5 Å². The van der Waals surface area contributed by atoms with Gasteiger partial charge < -0.3 is 10.1 Å². The summed E-state index contributed by atoms with van der Waals surface area (Å²) in [6, 6.07) is 7.79. The van der Waals surface area contributed by atoms with Crippen molar-refractivity contribution in [3.05, 3.63) is 29.8 Å². The third-order valence-corrected chi connectivity index (χ3v) is 2.43. The van der Waals surface area contributed by atoms with E-state index in [4.69, 9.17) is 17.0 Å². The molecule has 104 valence electrons. The smallest absolute Gasteiger partial charge is 0.186 e. The molecular formula is C14H21N3OS. The fourth-order valence-corrected chi connectivity index (χ4v) is 1.53. The second kappa shape index (κ2) is 8.48. The van der Waals surface area contributed by atoms with Crippen LogP contribution in [0.3, 0.4) is 0 Å². The van der Waals surface area contributed by atoms with Gasteiger partial charge in [-0.3, -0.25) is 5.43 Å². The van der Waals surface area contributed by atoms with Crippen LogP contribution in [0.25, 0.3) is 0 Å². The summed E-state index contributed by atoms with van der Waals surface area (Å²) in [6.45, 7) is 7.68. The van der Waals surface area contributed by atoms with Crippen molar-refractivity contribution in [3.63, 3.8) is 0 Å². The Kier molecular flexibility index (Phi) is 6.89. The molecule has 0 aromatic heterocycles. The largest absolute Gasteiger partial charge is 0.493 e. The van der Waals surface area contributed by atoms with Gasteiger partial charge in [0.15, 0.2) is 5.11 Å². The first kappa shape index (κ1) is 15.4. The number of hydrazone groups is 1. The molecule has 4 nitrogen and oxygen atoms in total. The van der Waals surface area contributed by atoms with Gasteiger partial charge in [-0.1, -0.05) is 26.0 Å². The van der Waals surface area contributed by atoms with Crippen LogP contribution in [0.4, 0.5) is 0 Å². The molecule has 1 rings (SSSR count). The zero-order valence-corrected chi connectivity index (χ0v) is 12.5. The molecule has 1 aromatic carbocycles. The zero-order chi connectivity index (χ0) is 14.1. The highest BCUT2D eigenvalue weighted by Crippen LogP contribution is 2.16. The van der Waals surface area contributed by atoms with Crippen LogP contribution in [0.5, 0.6) is 5.75 Å². The van der Waals surface area contributed by atoms with Gasteiger partial charge in [0.05, 0.1) is 12.8 Å². The number of rotatable bonds is 6. The predicted octanol–water partition coefficient (Wildman–Crippen LogP) is 2.54. The third-order valence-electron chi connectivity index (χ3n) is 2.20. The lowest BCUT2D eigenvalue weighted by atomic mass is 10.2. The van der Waals surface area contributed by atoms with E-state index in [1.807, 2.05) is 31.2 Å². The van der Waals surface area contributed by atoms with E-state index in [-0.39, 0.29) is 0 Å². The number of thiocarbonyl (C=S) groups is 1. The Morgan fingerprint density at radius 3 is 2.84 bits per heavy atom. The lowest BCUT2D eigenvalue weighted by Gasteiger charge is -2.10. The summed E-state index contributed by atoms with van der Waals surface area (Å²) in [6.07, 6.45) is 1.71. The molecule has 0 saturated heterocycles. The van der Waals surface area contributed by atoms with Gasteiger partial charge in [-0.2, -0.15) is 5.10 Å². The van der Waals surface area contributed by atoms with E-state index in [2.05, 4.69) is 29.7 Å². The fraction of sp³-hybridized carbons (Fsp3) is 0.429. The Hall–Kier alpha value is -1.62. The highest BCUT2D eigenvalue weighted by Gasteiger charge is 2.01. The van der Waals surface area contributed by atoms with Crippen molar-refractivity contribution in [1.82, 2.24) is 10.7 Å². The molecule has 0 radical (unpaired) electrons. The molecule has 0 spiro atoms. The van der Waals surface area contributed by atoms with Crippen LogP contribution in [0.15, 0.2) is 29.4 Å². The average molecular weight is 279 g/mol. The molecular weight excluding hydrogens is 258 g/mol. The van der Waals surface area contributed by atoms with E-state index in [9.17, 15) is 0 Å². The summed E-state index contributed by atoms with van der Waals surface area (Å²) >= 11 is 5.02. The quantitative estimate of drug-likeness (QED) is 0.477. The number of nitrogens with one attached hydrogen (secondary N) is 2. The molecule has 2 N–H and O–H groups in total. The summed E-state index contributed by atoms with van der Waals surface area (Å²) in [5.41, 5.74) is 3.68. The Morgan fingerprint density at radius 1 is 1.42 bits per heavy atom. The van der Waals surface area contributed by atoms with Gasteiger partial charge in [-0.15, -0.1) is 0 Å². The lowest BCUT2D eigenvalue weighted by molar-refractivity contribution is 0.270. The number of benzene rings is 1. The molecule has 0 atom stereocenters. The van der Waals surface area contributed by atoms with Crippen molar-refractivity contribution in [2.75, 3.05) is 13.2 Å². The van der Waals surface area contributed by atoms with Crippen LogP contribution in [0.2, 0.25) is 0 Å². The van der Waals surface area contributed by atoms with Gasteiger partial charge in [0.25, 0.3) is 0 Å². The van der Waals surface area contributed by atoms with Crippen LogP contribution in [0.1, 0.15) is 26.3 Å². The maximum Gasteiger partial charge on any atom is 0.186 e. The molecule has 0 fully saturated rings. The first-order valence-electron chi connectivity index (χ1n) is 6.42. The number of ether oxygens (including phenoxy) is 1. The molecule has 0 saturated carbocycles. The van der Waals surface area contributed by atoms with E-state index in [0.29, 0.717) is 17.6 Å². The van der Waals surface area contributed by atoms with Gasteiger partial charge in [0, 0.05) is 12.1 Å². The minimum atomic E-state index is 0.490. The van der Waals surface area contributed by atoms with E-state index >= 15 is 0 Å². The summed E-state index contributed by atoms with van der Waals surface area (Å²) in [4.78, 5) is 0. The first-order chi connectivity index (χ1) is 9.13. The second-order valence-corrected chi connectivity index (χ2v) is 4.88. The summed E-state index contributed by atoms with van der Waals surface area (Å²) in [7, 11) is 0. The van der Waals surface area contributed by atoms with Crippen molar-refractivity contribution in [2.45, 2.75) is 20.8 Å². The maximum absolute atomic E-state index is 5.74. The molecule has 0 heterocycles. The molecule has 19 heavy (non-hydrogen) atoms. The standard InChI is InChI=1S/C14H21N3OS/c1-4-15-14(19)17-16-9-12-7-5-6-8-13(12)18-10-11(2)3/h5-9,11H,4,10H2,1-3H3,(H2,15,17,19)/b16-9-. The predicted molar refractivity (Wildman–Crippen MR) is 83.8 cm³/mol. The summed E-state index contributed by atoms with van der Waals surface area (Å²) in [5.74, 6) is 1.32. The zero-order valence-electron chi connectivity index (χ0n) is 11.6. The average Bonchev–Trinajstić information content (AvgIpc) is 2.38. The van der Waals surface area contributed by atoms with Crippen molar-refractivity contribution in [1.29, 1.82) is 0 Å². The molecule has 1 aromatic rings. The van der Waals surface area contributed by atoms with Crippen LogP contribution >= 0.6 is 12.2 Å². The molecule has 0 unspecified atom stereocenters. The second-order valence-electron chi connectivity index (χ2n) is 4.47. The van der Waals surface area contributed by atoms with Crippen molar-refractivity contribution in [2.24, 2.45) is 11.0 Å². The number of hydrogen-bond acceptors (Lipinski definition) is 3. The van der Waals surface area contributed by atoms with Gasteiger partial charge >= 0.3 is 0 Å². The first-order valence-corrected chi connectivity index (χ1v) is 6.83. The highest BCUT2D eigenvalue weighted by atomic mass is 32.1. The fourth-order valence-electron chi connectivity index (χ4n) is 1.34. The van der Waals surface area contributed by atoms with Crippen LogP contribution in [-0.2, 0) is 0 Å². The van der Waals surface area contributed by atoms with Crippen LogP contribution < -0.4 is 15.5 Å². The van der Waals surface area contributed by atoms with Crippen molar-refractivity contribution in [3.8, 4) is 5.75 Å². The molecule has 0 amide bonds. The van der Waals surface area contributed by atoms with Crippen LogP contribution in [-0.4, -0.2) is 24.5 Å². The Bertz CT molecular complexity index is 432. The molecule has 0 aliphatic rings. The van der Waals surface area contributed by atoms with E-state index in [0.717, 1.165) is 17.9 Å². The molecule has 0 aliphatic carbocycles. The monoisotopic (exact) mass is 279 g/mol. The van der Waals surface area contributed by atoms with Gasteiger partial charge in [0.2, 0.25) is 0 Å². The van der Waals surface area contributed by atoms with Gasteiger partial charge in [-0.25, -0.2) is 0 Å². The Balaban J connectivity index is 2.61. The molecule has 0 aliphatic heterocycles. The van der Waals surface area contributed by atoms with E-state index < -0.39 is 0 Å². The van der Waals surface area contributed by atoms with Crippen LogP contribution in [0, 0.1) is 5.92 Å². The topological polar surface area (TPSA) is 45.7 Å². The summed E-state index contributed by atoms with van der Waals surface area (Å²) < 4.78 is 5.74. The number of para-hydroxylation sites is 1. The third kappa shape index (κ3) is 6.20. The summed E-state index contributed by atoms with van der Waals surface area (Å²) in [5, 5.41) is 7.56. The normalized spacial score (nSPS) is 10.7. The van der Waals surface area contributed by atoms with E-state index in [1.165, 1.54) is 0 Å². The van der Waals surface area contributed by atoms with Gasteiger partial charge in [0.1, 0.15) is 5.75 Å². The highest BCUT2D eigenvalue weighted by molar-refractivity contribution is 7.80. The minimum absolute atomic E-state index is 0.490. The number of nitrogens with zero attached hydrogens (tertiary/aromatic N) is 1. The van der Waals surface area contributed by atoms with Gasteiger partial charge in [-0.05, 0) is 37.2 Å². The molecule has 0 bridgehead atoms. The Morgan fingerprint density at radius 2 is 2.16 bits per heavy atom. The van der Waals surface area contributed by atoms with Crippen molar-refractivity contribution < 1.29 is 4.74 Å². The maximum atomic E-state index is 5.74. The molecule has 5 heteroatoms. The SMILES string of the molecule is CCNC(=S)N/N=C\c1ccccc1OCC(C)C. The van der Waals surface area contributed by atoms with E-state index in [1.54, 1.807) is 6.21 Å². The Labute approximate surface area is 120 Å². The minimum Gasteiger partial charge on any atom is -0.493 e.